The molecule has 33 heavy (non-hydrogen) atoms. The summed E-state index contributed by atoms with van der Waals surface area (Å²) in [4.78, 5) is 13.0. The van der Waals surface area contributed by atoms with Crippen LogP contribution in [0.5, 0.6) is 17.2 Å². The Labute approximate surface area is 194 Å². The van der Waals surface area contributed by atoms with Gasteiger partial charge in [0.15, 0.2) is 5.75 Å². The van der Waals surface area contributed by atoms with E-state index < -0.39 is 15.9 Å². The Bertz CT molecular complexity index is 1250. The van der Waals surface area contributed by atoms with Crippen molar-refractivity contribution in [3.05, 3.63) is 77.9 Å². The first-order valence-corrected chi connectivity index (χ1v) is 12.2. The molecule has 7 nitrogen and oxygen atoms in total. The summed E-state index contributed by atoms with van der Waals surface area (Å²) >= 11 is 0. The molecule has 0 saturated carbocycles. The molecule has 0 spiro atoms. The van der Waals surface area contributed by atoms with Crippen LogP contribution in [0.4, 0.5) is 5.69 Å². The molecule has 0 aromatic heterocycles. The summed E-state index contributed by atoms with van der Waals surface area (Å²) in [5, 5.41) is 2.83. The molecule has 0 unspecified atom stereocenters. The van der Waals surface area contributed by atoms with Crippen LogP contribution in [0.15, 0.2) is 71.6 Å². The molecular weight excluding hydrogens is 440 g/mol. The molecule has 172 valence electrons. The van der Waals surface area contributed by atoms with Crippen LogP contribution in [-0.2, 0) is 10.0 Å². The second-order valence-corrected chi connectivity index (χ2v) is 9.75. The van der Waals surface area contributed by atoms with Crippen LogP contribution in [0.1, 0.15) is 28.8 Å². The Balaban J connectivity index is 1.60. The molecule has 0 atom stereocenters. The van der Waals surface area contributed by atoms with E-state index in [1.165, 1.54) is 23.5 Å². The Morgan fingerprint density at radius 1 is 0.939 bits per heavy atom. The van der Waals surface area contributed by atoms with Gasteiger partial charge in [-0.1, -0.05) is 29.8 Å². The van der Waals surface area contributed by atoms with Crippen LogP contribution in [-0.4, -0.2) is 38.8 Å². The number of sulfonamides is 1. The van der Waals surface area contributed by atoms with Crippen molar-refractivity contribution < 1.29 is 22.7 Å². The third-order valence-corrected chi connectivity index (χ3v) is 7.41. The molecule has 1 saturated heterocycles. The normalized spacial score (nSPS) is 14.1. The molecule has 1 aliphatic heterocycles. The number of ether oxygens (including phenoxy) is 2. The molecule has 1 amide bonds. The molecule has 0 radical (unpaired) electrons. The van der Waals surface area contributed by atoms with Gasteiger partial charge in [-0.25, -0.2) is 8.42 Å². The monoisotopic (exact) mass is 466 g/mol. The zero-order valence-electron chi connectivity index (χ0n) is 18.6. The van der Waals surface area contributed by atoms with E-state index in [0.717, 1.165) is 18.4 Å². The van der Waals surface area contributed by atoms with Gasteiger partial charge >= 0.3 is 0 Å². The number of carbonyl (C=O) groups is 1. The number of anilines is 1. The zero-order valence-corrected chi connectivity index (χ0v) is 19.4. The van der Waals surface area contributed by atoms with Crippen LogP contribution >= 0.6 is 0 Å². The summed E-state index contributed by atoms with van der Waals surface area (Å²) < 4.78 is 38.9. The molecule has 3 aromatic carbocycles. The summed E-state index contributed by atoms with van der Waals surface area (Å²) in [7, 11) is -2.35. The van der Waals surface area contributed by atoms with E-state index in [1.807, 2.05) is 37.3 Å². The molecule has 0 bridgehead atoms. The van der Waals surface area contributed by atoms with E-state index in [2.05, 4.69) is 5.32 Å². The highest BCUT2D eigenvalue weighted by Crippen LogP contribution is 2.32. The SMILES string of the molecule is COc1ccc(C(=O)Nc2ccccc2Oc2ccc(C)cc2)cc1S(=O)(=O)N1CCCC1. The van der Waals surface area contributed by atoms with Crippen molar-refractivity contribution in [2.24, 2.45) is 0 Å². The second kappa shape index (κ2) is 9.64. The van der Waals surface area contributed by atoms with Crippen LogP contribution in [0.25, 0.3) is 0 Å². The average Bonchev–Trinajstić information content (AvgIpc) is 3.37. The number of para-hydroxylation sites is 2. The number of nitrogens with zero attached hydrogens (tertiary/aromatic N) is 1. The maximum absolute atomic E-state index is 13.1. The third kappa shape index (κ3) is 5.02. The Morgan fingerprint density at radius 3 is 2.33 bits per heavy atom. The summed E-state index contributed by atoms with van der Waals surface area (Å²) in [6.45, 7) is 2.92. The highest BCUT2D eigenvalue weighted by atomic mass is 32.2. The molecule has 1 N–H and O–H groups in total. The van der Waals surface area contributed by atoms with Gasteiger partial charge in [-0.2, -0.15) is 4.31 Å². The van der Waals surface area contributed by atoms with Crippen LogP contribution in [0.3, 0.4) is 0 Å². The smallest absolute Gasteiger partial charge is 0.255 e. The predicted octanol–water partition coefficient (Wildman–Crippen LogP) is 4.83. The standard InChI is InChI=1S/C25H26N2O5S/c1-18-9-12-20(13-10-18)32-22-8-4-3-7-21(22)26-25(28)19-11-14-23(31-2)24(17-19)33(29,30)27-15-5-6-16-27/h3-4,7-14,17H,5-6,15-16H2,1-2H3,(H,26,28). The Hall–Kier alpha value is -3.36. The van der Waals surface area contributed by atoms with Crippen LogP contribution in [0, 0.1) is 6.92 Å². The number of hydrogen-bond acceptors (Lipinski definition) is 5. The van der Waals surface area contributed by atoms with Gasteiger partial charge in [-0.3, -0.25) is 4.79 Å². The van der Waals surface area contributed by atoms with Crippen molar-refractivity contribution >= 4 is 21.6 Å². The van der Waals surface area contributed by atoms with E-state index >= 15 is 0 Å². The maximum atomic E-state index is 13.1. The highest BCUT2D eigenvalue weighted by molar-refractivity contribution is 7.89. The fourth-order valence-electron chi connectivity index (χ4n) is 3.67. The molecule has 0 aliphatic carbocycles. The first kappa shape index (κ1) is 22.8. The first-order valence-electron chi connectivity index (χ1n) is 10.7. The summed E-state index contributed by atoms with van der Waals surface area (Å²) in [6, 6.07) is 19.1. The lowest BCUT2D eigenvalue weighted by Gasteiger charge is -2.18. The lowest BCUT2D eigenvalue weighted by Crippen LogP contribution is -2.28. The number of rotatable bonds is 7. The van der Waals surface area contributed by atoms with Gasteiger partial charge in [-0.05, 0) is 62.2 Å². The average molecular weight is 467 g/mol. The van der Waals surface area contributed by atoms with Crippen LogP contribution in [0.2, 0.25) is 0 Å². The number of aryl methyl sites for hydroxylation is 1. The van der Waals surface area contributed by atoms with Crippen molar-refractivity contribution in [1.82, 2.24) is 4.31 Å². The summed E-state index contributed by atoms with van der Waals surface area (Å²) in [5.41, 5.74) is 1.80. The van der Waals surface area contributed by atoms with Gasteiger partial charge in [0.25, 0.3) is 5.91 Å². The largest absolute Gasteiger partial charge is 0.495 e. The van der Waals surface area contributed by atoms with Gasteiger partial charge in [0, 0.05) is 18.7 Å². The number of nitrogens with one attached hydrogen (secondary N) is 1. The fraction of sp³-hybridized carbons (Fsp3) is 0.240. The van der Waals surface area contributed by atoms with Gasteiger partial charge in [0.05, 0.1) is 12.8 Å². The van der Waals surface area contributed by atoms with E-state index in [9.17, 15) is 13.2 Å². The van der Waals surface area contributed by atoms with Gasteiger partial charge in [0.2, 0.25) is 10.0 Å². The van der Waals surface area contributed by atoms with E-state index in [1.54, 1.807) is 24.3 Å². The zero-order chi connectivity index (χ0) is 23.4. The quantitative estimate of drug-likeness (QED) is 0.539. The molecule has 1 aliphatic rings. The van der Waals surface area contributed by atoms with Gasteiger partial charge in [-0.15, -0.1) is 0 Å². The Kier molecular flexibility index (Phi) is 6.67. The highest BCUT2D eigenvalue weighted by Gasteiger charge is 2.30. The number of carbonyl (C=O) groups excluding carboxylic acids is 1. The number of hydrogen-bond donors (Lipinski definition) is 1. The van der Waals surface area contributed by atoms with Crippen molar-refractivity contribution in [2.45, 2.75) is 24.7 Å². The Morgan fingerprint density at radius 2 is 1.64 bits per heavy atom. The lowest BCUT2D eigenvalue weighted by molar-refractivity contribution is 0.102. The molecule has 1 heterocycles. The van der Waals surface area contributed by atoms with E-state index in [4.69, 9.17) is 9.47 Å². The number of amides is 1. The minimum Gasteiger partial charge on any atom is -0.495 e. The number of methoxy groups -OCH3 is 1. The minimum absolute atomic E-state index is 0.0104. The van der Waals surface area contributed by atoms with Gasteiger partial charge in [0.1, 0.15) is 16.4 Å². The fourth-order valence-corrected chi connectivity index (χ4v) is 5.37. The second-order valence-electron chi connectivity index (χ2n) is 7.84. The van der Waals surface area contributed by atoms with Crippen molar-refractivity contribution in [1.29, 1.82) is 0 Å². The molecule has 3 aromatic rings. The molecular formula is C25H26N2O5S. The van der Waals surface area contributed by atoms with Crippen LogP contribution < -0.4 is 14.8 Å². The third-order valence-electron chi connectivity index (χ3n) is 5.49. The first-order chi connectivity index (χ1) is 15.9. The van der Waals surface area contributed by atoms with E-state index in [-0.39, 0.29) is 16.2 Å². The minimum atomic E-state index is -3.76. The molecule has 1 fully saturated rings. The number of benzene rings is 3. The summed E-state index contributed by atoms with van der Waals surface area (Å²) in [5.74, 6) is 0.885. The lowest BCUT2D eigenvalue weighted by atomic mass is 10.2. The van der Waals surface area contributed by atoms with Gasteiger partial charge < -0.3 is 14.8 Å². The summed E-state index contributed by atoms with van der Waals surface area (Å²) in [6.07, 6.45) is 1.64. The van der Waals surface area contributed by atoms with Crippen molar-refractivity contribution in [3.8, 4) is 17.2 Å². The maximum Gasteiger partial charge on any atom is 0.255 e. The van der Waals surface area contributed by atoms with Crippen molar-refractivity contribution in [3.63, 3.8) is 0 Å². The topological polar surface area (TPSA) is 84.9 Å². The van der Waals surface area contributed by atoms with Crippen molar-refractivity contribution in [2.75, 3.05) is 25.5 Å². The van der Waals surface area contributed by atoms with E-state index in [0.29, 0.717) is 30.3 Å². The molecule has 8 heteroatoms. The molecule has 4 rings (SSSR count). The predicted molar refractivity (Wildman–Crippen MR) is 127 cm³/mol.